The molecule has 0 aliphatic heterocycles. The minimum Gasteiger partial charge on any atom is -0.465 e. The van der Waals surface area contributed by atoms with E-state index in [0.29, 0.717) is 11.5 Å². The van der Waals surface area contributed by atoms with Gasteiger partial charge < -0.3 is 9.72 Å². The molecule has 0 radical (unpaired) electrons. The standard InChI is InChI=1S/C17H21NO2/c1-11(2)14-7-5-13(6-8-14)9-15-10-18-12(3)16(15)17(19)20-4/h5-8,10-11,18H,9H2,1-4H3. The first-order chi connectivity index (χ1) is 9.52. The molecule has 0 unspecified atom stereocenters. The summed E-state index contributed by atoms with van der Waals surface area (Å²) in [7, 11) is 1.41. The van der Waals surface area contributed by atoms with Gasteiger partial charge in [0.15, 0.2) is 0 Å². The second-order valence-electron chi connectivity index (χ2n) is 5.38. The summed E-state index contributed by atoms with van der Waals surface area (Å²) in [6, 6.07) is 8.55. The molecule has 3 nitrogen and oxygen atoms in total. The van der Waals surface area contributed by atoms with Gasteiger partial charge in [-0.2, -0.15) is 0 Å². The van der Waals surface area contributed by atoms with Crippen molar-refractivity contribution in [2.75, 3.05) is 7.11 Å². The van der Waals surface area contributed by atoms with Gasteiger partial charge in [0.2, 0.25) is 0 Å². The second kappa shape index (κ2) is 5.95. The van der Waals surface area contributed by atoms with E-state index in [1.54, 1.807) is 0 Å². The van der Waals surface area contributed by atoms with Crippen molar-refractivity contribution >= 4 is 5.97 Å². The minimum absolute atomic E-state index is 0.280. The van der Waals surface area contributed by atoms with E-state index in [9.17, 15) is 4.79 Å². The Morgan fingerprint density at radius 3 is 2.45 bits per heavy atom. The van der Waals surface area contributed by atoms with E-state index in [1.165, 1.54) is 18.2 Å². The van der Waals surface area contributed by atoms with Crippen LogP contribution in [0, 0.1) is 6.92 Å². The molecule has 1 aromatic carbocycles. The predicted octanol–water partition coefficient (Wildman–Crippen LogP) is 3.82. The van der Waals surface area contributed by atoms with Gasteiger partial charge in [-0.05, 0) is 36.0 Å². The fraction of sp³-hybridized carbons (Fsp3) is 0.353. The number of hydrogen-bond donors (Lipinski definition) is 1. The smallest absolute Gasteiger partial charge is 0.339 e. The predicted molar refractivity (Wildman–Crippen MR) is 80.2 cm³/mol. The van der Waals surface area contributed by atoms with Crippen LogP contribution in [0.2, 0.25) is 0 Å². The third-order valence-electron chi connectivity index (χ3n) is 3.59. The van der Waals surface area contributed by atoms with Crippen LogP contribution in [0.15, 0.2) is 30.5 Å². The molecule has 0 saturated heterocycles. The van der Waals surface area contributed by atoms with Gasteiger partial charge in [-0.3, -0.25) is 0 Å². The number of H-pyrrole nitrogens is 1. The Labute approximate surface area is 120 Å². The van der Waals surface area contributed by atoms with Gasteiger partial charge in [0, 0.05) is 11.9 Å². The van der Waals surface area contributed by atoms with Crippen molar-refractivity contribution < 1.29 is 9.53 Å². The van der Waals surface area contributed by atoms with Crippen LogP contribution in [-0.2, 0) is 11.2 Å². The molecular weight excluding hydrogens is 250 g/mol. The molecule has 0 atom stereocenters. The zero-order valence-corrected chi connectivity index (χ0v) is 12.5. The summed E-state index contributed by atoms with van der Waals surface area (Å²) in [5, 5.41) is 0. The van der Waals surface area contributed by atoms with Crippen LogP contribution < -0.4 is 0 Å². The number of methoxy groups -OCH3 is 1. The van der Waals surface area contributed by atoms with Crippen LogP contribution in [0.4, 0.5) is 0 Å². The summed E-state index contributed by atoms with van der Waals surface area (Å²) in [6.45, 7) is 6.25. The lowest BCUT2D eigenvalue weighted by molar-refractivity contribution is 0.0599. The molecule has 2 aromatic rings. The first kappa shape index (κ1) is 14.4. The summed E-state index contributed by atoms with van der Waals surface area (Å²) in [5.74, 6) is 0.252. The van der Waals surface area contributed by atoms with Crippen molar-refractivity contribution in [1.82, 2.24) is 4.98 Å². The molecule has 1 aromatic heterocycles. The van der Waals surface area contributed by atoms with Crippen LogP contribution in [0.1, 0.15) is 52.5 Å². The van der Waals surface area contributed by atoms with Gasteiger partial charge in [-0.15, -0.1) is 0 Å². The molecule has 3 heteroatoms. The fourth-order valence-corrected chi connectivity index (χ4v) is 2.35. The lowest BCUT2D eigenvalue weighted by Crippen LogP contribution is -2.05. The highest BCUT2D eigenvalue weighted by atomic mass is 16.5. The summed E-state index contributed by atoms with van der Waals surface area (Å²) in [6.07, 6.45) is 2.62. The van der Waals surface area contributed by atoms with Gasteiger partial charge >= 0.3 is 5.97 Å². The molecule has 0 aliphatic carbocycles. The van der Waals surface area contributed by atoms with Crippen LogP contribution in [-0.4, -0.2) is 18.1 Å². The van der Waals surface area contributed by atoms with Crippen molar-refractivity contribution in [3.05, 3.63) is 58.4 Å². The molecular formula is C17H21NO2. The minimum atomic E-state index is -0.280. The third kappa shape index (κ3) is 2.93. The Morgan fingerprint density at radius 1 is 1.25 bits per heavy atom. The number of aromatic amines is 1. The first-order valence-corrected chi connectivity index (χ1v) is 6.87. The third-order valence-corrected chi connectivity index (χ3v) is 3.59. The average Bonchev–Trinajstić information content (AvgIpc) is 2.79. The Morgan fingerprint density at radius 2 is 1.90 bits per heavy atom. The van der Waals surface area contributed by atoms with E-state index in [4.69, 9.17) is 4.74 Å². The number of rotatable bonds is 4. The van der Waals surface area contributed by atoms with Crippen molar-refractivity contribution in [3.8, 4) is 0 Å². The van der Waals surface area contributed by atoms with Crippen molar-refractivity contribution in [1.29, 1.82) is 0 Å². The van der Waals surface area contributed by atoms with E-state index >= 15 is 0 Å². The monoisotopic (exact) mass is 271 g/mol. The number of carbonyl (C=O) groups excluding carboxylic acids is 1. The van der Waals surface area contributed by atoms with Crippen LogP contribution >= 0.6 is 0 Å². The van der Waals surface area contributed by atoms with Crippen molar-refractivity contribution in [2.45, 2.75) is 33.1 Å². The number of nitrogens with one attached hydrogen (secondary N) is 1. The molecule has 0 aliphatic rings. The van der Waals surface area contributed by atoms with Crippen LogP contribution in [0.3, 0.4) is 0 Å². The van der Waals surface area contributed by atoms with Gasteiger partial charge in [-0.1, -0.05) is 38.1 Å². The SMILES string of the molecule is COC(=O)c1c(Cc2ccc(C(C)C)cc2)c[nH]c1C. The van der Waals surface area contributed by atoms with E-state index in [0.717, 1.165) is 17.7 Å². The summed E-state index contributed by atoms with van der Waals surface area (Å²) in [4.78, 5) is 14.9. The van der Waals surface area contributed by atoms with E-state index in [-0.39, 0.29) is 5.97 Å². The molecule has 2 rings (SSSR count). The molecule has 1 heterocycles. The van der Waals surface area contributed by atoms with Gasteiger partial charge in [-0.25, -0.2) is 4.79 Å². The molecule has 0 spiro atoms. The highest BCUT2D eigenvalue weighted by Crippen LogP contribution is 2.20. The lowest BCUT2D eigenvalue weighted by atomic mass is 9.98. The summed E-state index contributed by atoms with van der Waals surface area (Å²) < 4.78 is 4.85. The topological polar surface area (TPSA) is 42.1 Å². The summed E-state index contributed by atoms with van der Waals surface area (Å²) in [5.41, 5.74) is 5.00. The van der Waals surface area contributed by atoms with Crippen molar-refractivity contribution in [3.63, 3.8) is 0 Å². The molecule has 20 heavy (non-hydrogen) atoms. The normalized spacial score (nSPS) is 10.8. The fourth-order valence-electron chi connectivity index (χ4n) is 2.35. The van der Waals surface area contributed by atoms with Crippen LogP contribution in [0.5, 0.6) is 0 Å². The molecule has 0 bridgehead atoms. The van der Waals surface area contributed by atoms with Gasteiger partial charge in [0.25, 0.3) is 0 Å². The Hall–Kier alpha value is -2.03. The zero-order valence-electron chi connectivity index (χ0n) is 12.5. The number of hydrogen-bond acceptors (Lipinski definition) is 2. The maximum atomic E-state index is 11.8. The Kier molecular flexibility index (Phi) is 4.28. The number of carbonyl (C=O) groups is 1. The summed E-state index contributed by atoms with van der Waals surface area (Å²) >= 11 is 0. The number of aryl methyl sites for hydroxylation is 1. The highest BCUT2D eigenvalue weighted by molar-refractivity contribution is 5.92. The largest absolute Gasteiger partial charge is 0.465 e. The first-order valence-electron chi connectivity index (χ1n) is 6.87. The number of esters is 1. The lowest BCUT2D eigenvalue weighted by Gasteiger charge is -2.07. The van der Waals surface area contributed by atoms with Gasteiger partial charge in [0.1, 0.15) is 0 Å². The second-order valence-corrected chi connectivity index (χ2v) is 5.38. The van der Waals surface area contributed by atoms with E-state index in [1.807, 2.05) is 13.1 Å². The van der Waals surface area contributed by atoms with Crippen LogP contribution in [0.25, 0.3) is 0 Å². The van der Waals surface area contributed by atoms with Crippen molar-refractivity contribution in [2.24, 2.45) is 0 Å². The Balaban J connectivity index is 2.24. The maximum absolute atomic E-state index is 11.8. The number of ether oxygens (including phenoxy) is 1. The number of benzene rings is 1. The Bertz CT molecular complexity index is 594. The molecule has 0 amide bonds. The highest BCUT2D eigenvalue weighted by Gasteiger charge is 2.16. The number of aromatic nitrogens is 1. The average molecular weight is 271 g/mol. The van der Waals surface area contributed by atoms with Gasteiger partial charge in [0.05, 0.1) is 12.7 Å². The quantitative estimate of drug-likeness (QED) is 0.859. The zero-order chi connectivity index (χ0) is 14.7. The molecule has 1 N–H and O–H groups in total. The molecule has 106 valence electrons. The molecule has 0 saturated carbocycles. The maximum Gasteiger partial charge on any atom is 0.339 e. The van der Waals surface area contributed by atoms with E-state index in [2.05, 4.69) is 43.1 Å². The van der Waals surface area contributed by atoms with E-state index < -0.39 is 0 Å². The molecule has 0 fully saturated rings.